The van der Waals surface area contributed by atoms with Gasteiger partial charge in [0.25, 0.3) is 0 Å². The number of ether oxygens (including phenoxy) is 1. The van der Waals surface area contributed by atoms with Crippen LogP contribution < -0.4 is 10.1 Å². The lowest BCUT2D eigenvalue weighted by Gasteiger charge is -2.06. The second kappa shape index (κ2) is 6.84. The van der Waals surface area contributed by atoms with Crippen LogP contribution in [-0.4, -0.2) is 26.9 Å². The van der Waals surface area contributed by atoms with Crippen LogP contribution in [0.1, 0.15) is 24.7 Å². The van der Waals surface area contributed by atoms with Crippen molar-refractivity contribution in [3.63, 3.8) is 0 Å². The third kappa shape index (κ3) is 3.75. The highest BCUT2D eigenvalue weighted by atomic mass is 16.5. The molecule has 6 heteroatoms. The Morgan fingerprint density at radius 3 is 2.84 bits per heavy atom. The summed E-state index contributed by atoms with van der Waals surface area (Å²) >= 11 is 0. The predicted molar refractivity (Wildman–Crippen MR) is 71.6 cm³/mol. The van der Waals surface area contributed by atoms with Crippen LogP contribution in [0.2, 0.25) is 0 Å². The van der Waals surface area contributed by atoms with E-state index in [-0.39, 0.29) is 0 Å². The van der Waals surface area contributed by atoms with Crippen molar-refractivity contribution < 1.29 is 4.74 Å². The average Bonchev–Trinajstić information content (AvgIpc) is 2.88. The van der Waals surface area contributed by atoms with Gasteiger partial charge in [0, 0.05) is 25.4 Å². The molecule has 2 heterocycles. The Bertz CT molecular complexity index is 494. The van der Waals surface area contributed by atoms with Crippen molar-refractivity contribution in [1.82, 2.24) is 25.1 Å². The van der Waals surface area contributed by atoms with E-state index in [0.29, 0.717) is 12.4 Å². The minimum absolute atomic E-state index is 0.631. The Morgan fingerprint density at radius 2 is 2.16 bits per heavy atom. The zero-order valence-corrected chi connectivity index (χ0v) is 11.3. The van der Waals surface area contributed by atoms with Gasteiger partial charge in [-0.2, -0.15) is 5.10 Å². The summed E-state index contributed by atoms with van der Waals surface area (Å²) in [6.45, 7) is 4.48. The van der Waals surface area contributed by atoms with E-state index in [9.17, 15) is 0 Å². The molecular weight excluding hydrogens is 242 g/mol. The zero-order chi connectivity index (χ0) is 13.5. The van der Waals surface area contributed by atoms with Crippen LogP contribution in [-0.2, 0) is 19.6 Å². The monoisotopic (exact) mass is 261 g/mol. The number of nitrogens with one attached hydrogen (secondary N) is 1. The van der Waals surface area contributed by atoms with Crippen molar-refractivity contribution in [3.05, 3.63) is 36.0 Å². The molecule has 0 aliphatic heterocycles. The molecule has 1 N–H and O–H groups in total. The number of hydrogen-bond donors (Lipinski definition) is 1. The van der Waals surface area contributed by atoms with Gasteiger partial charge in [-0.15, -0.1) is 0 Å². The fourth-order valence-corrected chi connectivity index (χ4v) is 1.78. The van der Waals surface area contributed by atoms with Gasteiger partial charge in [-0.25, -0.2) is 14.6 Å². The van der Waals surface area contributed by atoms with Gasteiger partial charge in [-0.1, -0.05) is 13.0 Å². The molecule has 0 unspecified atom stereocenters. The summed E-state index contributed by atoms with van der Waals surface area (Å²) in [7, 11) is 1.61. The molecule has 0 amide bonds. The van der Waals surface area contributed by atoms with Gasteiger partial charge in [0.2, 0.25) is 5.88 Å². The number of nitrogens with zero attached hydrogens (tertiary/aromatic N) is 4. The molecule has 0 atom stereocenters. The fourth-order valence-electron chi connectivity index (χ4n) is 1.78. The molecular formula is C13H19N5O. The van der Waals surface area contributed by atoms with Crippen LogP contribution in [0.4, 0.5) is 0 Å². The summed E-state index contributed by atoms with van der Waals surface area (Å²) in [6, 6.07) is 3.85. The lowest BCUT2D eigenvalue weighted by Crippen LogP contribution is -2.17. The Balaban J connectivity index is 1.83. The van der Waals surface area contributed by atoms with Crippen LogP contribution >= 0.6 is 0 Å². The minimum Gasteiger partial charge on any atom is -0.481 e. The molecule has 102 valence electrons. The smallest absolute Gasteiger partial charge is 0.212 e. The molecule has 0 fully saturated rings. The highest BCUT2D eigenvalue weighted by Gasteiger charge is 2.03. The number of aryl methyl sites for hydroxylation is 1. The van der Waals surface area contributed by atoms with Gasteiger partial charge in [-0.05, 0) is 12.0 Å². The van der Waals surface area contributed by atoms with Crippen LogP contribution in [0.3, 0.4) is 0 Å². The maximum atomic E-state index is 5.02. The van der Waals surface area contributed by atoms with E-state index < -0.39 is 0 Å². The summed E-state index contributed by atoms with van der Waals surface area (Å²) in [6.07, 6.45) is 4.46. The number of pyridine rings is 1. The van der Waals surface area contributed by atoms with E-state index in [1.807, 2.05) is 23.0 Å². The summed E-state index contributed by atoms with van der Waals surface area (Å²) in [5, 5.41) is 7.53. The largest absolute Gasteiger partial charge is 0.481 e. The first-order chi connectivity index (χ1) is 9.33. The van der Waals surface area contributed by atoms with E-state index >= 15 is 0 Å². The molecule has 0 saturated carbocycles. The summed E-state index contributed by atoms with van der Waals surface area (Å²) in [5.41, 5.74) is 1.11. The standard InChI is InChI=1S/C13H19N5O/c1-3-6-18-12(16-10-17-18)9-14-7-11-4-5-13(19-2)15-8-11/h4-5,8,10,14H,3,6-7,9H2,1-2H3. The van der Waals surface area contributed by atoms with E-state index in [1.54, 1.807) is 13.4 Å². The van der Waals surface area contributed by atoms with Crippen molar-refractivity contribution in [2.24, 2.45) is 0 Å². The van der Waals surface area contributed by atoms with E-state index in [2.05, 4.69) is 27.3 Å². The van der Waals surface area contributed by atoms with Gasteiger partial charge in [0.05, 0.1) is 13.7 Å². The fraction of sp³-hybridized carbons (Fsp3) is 0.462. The molecule has 0 aromatic carbocycles. The van der Waals surface area contributed by atoms with Gasteiger partial charge in [-0.3, -0.25) is 0 Å². The number of methoxy groups -OCH3 is 1. The highest BCUT2D eigenvalue weighted by molar-refractivity contribution is 5.17. The molecule has 2 aromatic rings. The molecule has 2 rings (SSSR count). The molecule has 0 spiro atoms. The number of aromatic nitrogens is 4. The number of hydrogen-bond acceptors (Lipinski definition) is 5. The Morgan fingerprint density at radius 1 is 1.26 bits per heavy atom. The Hall–Kier alpha value is -1.95. The zero-order valence-electron chi connectivity index (χ0n) is 11.3. The van der Waals surface area contributed by atoms with Crippen LogP contribution in [0.15, 0.2) is 24.7 Å². The third-order valence-electron chi connectivity index (χ3n) is 2.75. The van der Waals surface area contributed by atoms with Gasteiger partial charge in [0.1, 0.15) is 12.2 Å². The molecule has 2 aromatic heterocycles. The van der Waals surface area contributed by atoms with Crippen LogP contribution in [0.5, 0.6) is 5.88 Å². The Labute approximate surface area is 112 Å². The lowest BCUT2D eigenvalue weighted by molar-refractivity contribution is 0.397. The van der Waals surface area contributed by atoms with Crippen molar-refractivity contribution in [3.8, 4) is 5.88 Å². The molecule has 6 nitrogen and oxygen atoms in total. The molecule has 0 saturated heterocycles. The van der Waals surface area contributed by atoms with Crippen molar-refractivity contribution in [2.75, 3.05) is 7.11 Å². The molecule has 0 aliphatic carbocycles. The molecule has 0 radical (unpaired) electrons. The summed E-state index contributed by atoms with van der Waals surface area (Å²) in [4.78, 5) is 8.41. The second-order valence-electron chi connectivity index (χ2n) is 4.21. The van der Waals surface area contributed by atoms with Gasteiger partial charge in [0.15, 0.2) is 0 Å². The van der Waals surface area contributed by atoms with E-state index in [0.717, 1.165) is 30.9 Å². The minimum atomic E-state index is 0.631. The predicted octanol–water partition coefficient (Wildman–Crippen LogP) is 1.38. The highest BCUT2D eigenvalue weighted by Crippen LogP contribution is 2.06. The van der Waals surface area contributed by atoms with Crippen LogP contribution in [0.25, 0.3) is 0 Å². The molecule has 0 bridgehead atoms. The summed E-state index contributed by atoms with van der Waals surface area (Å²) in [5.74, 6) is 1.59. The lowest BCUT2D eigenvalue weighted by atomic mass is 10.3. The maximum Gasteiger partial charge on any atom is 0.212 e. The topological polar surface area (TPSA) is 64.9 Å². The van der Waals surface area contributed by atoms with E-state index in [4.69, 9.17) is 4.74 Å². The van der Waals surface area contributed by atoms with Gasteiger partial charge >= 0.3 is 0 Å². The quantitative estimate of drug-likeness (QED) is 0.815. The average molecular weight is 261 g/mol. The van der Waals surface area contributed by atoms with E-state index in [1.165, 1.54) is 0 Å². The Kier molecular flexibility index (Phi) is 4.85. The van der Waals surface area contributed by atoms with Crippen molar-refractivity contribution >= 4 is 0 Å². The van der Waals surface area contributed by atoms with Crippen molar-refractivity contribution in [1.29, 1.82) is 0 Å². The first kappa shape index (κ1) is 13.5. The molecule has 0 aliphatic rings. The SMILES string of the molecule is CCCn1ncnc1CNCc1ccc(OC)nc1. The van der Waals surface area contributed by atoms with Crippen molar-refractivity contribution in [2.45, 2.75) is 33.0 Å². The van der Waals surface area contributed by atoms with Crippen LogP contribution in [0, 0.1) is 0 Å². The first-order valence-electron chi connectivity index (χ1n) is 6.39. The number of rotatable bonds is 7. The first-order valence-corrected chi connectivity index (χ1v) is 6.39. The molecule has 19 heavy (non-hydrogen) atoms. The maximum absolute atomic E-state index is 5.02. The summed E-state index contributed by atoms with van der Waals surface area (Å²) < 4.78 is 6.95. The normalized spacial score (nSPS) is 10.6. The second-order valence-corrected chi connectivity index (χ2v) is 4.21. The van der Waals surface area contributed by atoms with Gasteiger partial charge < -0.3 is 10.1 Å². The third-order valence-corrected chi connectivity index (χ3v) is 2.75.